The van der Waals surface area contributed by atoms with Crippen molar-refractivity contribution in [2.45, 2.75) is 184 Å². The molecule has 0 aromatic heterocycles. The van der Waals surface area contributed by atoms with Gasteiger partial charge in [0.15, 0.2) is 0 Å². The van der Waals surface area contributed by atoms with E-state index in [9.17, 15) is 44.7 Å². The number of hydrogen-bond acceptors (Lipinski definition) is 17. The first-order valence-electron chi connectivity index (χ1n) is 53.2. The Hall–Kier alpha value is -11.0. The van der Waals surface area contributed by atoms with Crippen LogP contribution in [0.4, 0.5) is 0 Å². The van der Waals surface area contributed by atoms with Crippen molar-refractivity contribution < 1.29 is 44.7 Å². The first-order chi connectivity index (χ1) is 70.2. The molecule has 0 unspecified atom stereocenters. The molecule has 10 saturated heterocycles. The van der Waals surface area contributed by atoms with E-state index in [1.807, 2.05) is 168 Å². The van der Waals surface area contributed by atoms with Gasteiger partial charge in [0.1, 0.15) is 28.7 Å². The minimum absolute atomic E-state index is 0.00128. The summed E-state index contributed by atoms with van der Waals surface area (Å²) in [6.45, 7) is 46.6. The number of nitrogens with zero attached hydrogens (tertiary/aromatic N) is 9. The molecule has 19 nitrogen and oxygen atoms in total. The topological polar surface area (TPSA) is 211 Å². The van der Waals surface area contributed by atoms with Crippen molar-refractivity contribution >= 4 is 45.5 Å². The van der Waals surface area contributed by atoms with Crippen LogP contribution in [0.1, 0.15) is 172 Å². The Morgan fingerprint density at radius 1 is 0.308 bits per heavy atom. The Kier molecular flexibility index (Phi) is 37.6. The average molecular weight is 2010 g/mol. The number of amides is 2. The number of halogens is 2. The van der Waals surface area contributed by atoms with Crippen molar-refractivity contribution in [1.29, 1.82) is 0 Å². The number of rotatable bonds is 16. The summed E-state index contributed by atoms with van der Waals surface area (Å²) in [6.07, 6.45) is 7.43. The molecule has 10 aliphatic rings. The molecule has 21 rings (SSSR count). The number of benzene rings is 11. The SMILES string of the molecule is C[C@H]1CN2CCN(C(=O)Cc3ccccc3)C[C@H]2C[C@@]1(C)c1cccc(O)c1.C[C@H]1CN2CCN(C(=O)c3ccccc3)C[C@H]2C[C@@]1(C)c1cccc(O)c1.C[C@H]1CN2CCN(CCc3ccccc3)C[C@H]2C[C@@]1(C)c1cccc(O)c1.C[C@H]1CN2CCN(Cc3ccccc3)C[C@H]2C[C@@]1(C)c1cccc(O)c1.C[C@H]1CN2CCNC[C@H]2C[C@@]1(C)c1cccc(O)c1.O=C(Cl)Cc1ccccc1.O=C(Cl)c1ccccc1. The molecule has 0 radical (unpaired) electrons. The lowest BCUT2D eigenvalue weighted by Gasteiger charge is -2.53. The molecular formula is C125H156Cl2N10O9. The summed E-state index contributed by atoms with van der Waals surface area (Å²) in [4.78, 5) is 69.0. The number of piperazine rings is 5. The number of aromatic hydroxyl groups is 5. The van der Waals surface area contributed by atoms with Gasteiger partial charge in [0.2, 0.25) is 11.1 Å². The maximum Gasteiger partial charge on any atom is 0.253 e. The maximum atomic E-state index is 12.9. The average Bonchev–Trinajstić information content (AvgIpc) is 0.769. The van der Waals surface area contributed by atoms with Crippen LogP contribution in [0.5, 0.6) is 28.7 Å². The van der Waals surface area contributed by atoms with E-state index in [1.165, 1.54) is 78.0 Å². The minimum atomic E-state index is -0.407. The molecule has 10 heterocycles. The second-order valence-corrected chi connectivity index (χ2v) is 45.1. The quantitative estimate of drug-likeness (QED) is 0.0497. The molecule has 0 spiro atoms. The molecule has 0 aliphatic carbocycles. The van der Waals surface area contributed by atoms with Crippen LogP contribution < -0.4 is 5.32 Å². The standard InChI is InChI=1S/C24H30N2O2.C24H32N2O.C23H28N2O2.C23H30N2O.C16H24N2O.C8H7ClO.C7H5ClO/c1-18-16-25-11-12-26(23(28)13-19-7-4-3-5-8-19)17-21(25)15-24(18,2)20-9-6-10-22(27)14-20;1-19-17-26-14-13-25(12-11-20-7-4-3-5-8-20)18-22(26)16-24(19,2)21-9-6-10-23(27)15-21;1-17-15-24-11-12-25(22(27)18-7-4-3-5-8-18)16-20(24)14-23(17,2)19-9-6-10-21(26)13-19;1-18-15-25-12-11-24(16-19-7-4-3-5-8-19)17-21(25)14-23(18,2)20-9-6-10-22(26)13-20;1-12-11-18-7-6-17-10-14(18)9-16(12,2)13-4-3-5-15(19)8-13;9-8(10)6-7-4-2-1-3-5-7;8-7(9)6-4-2-1-3-5-6/h3-10,14,18,21,27H,11-13,15-17H2,1-2H3;3-10,15,19,22,27H,11-14,16-18H2,1-2H3;3-10,13,17,20,26H,11-12,14-16H2,1-2H3;3-10,13,18,21,26H,11-12,14-17H2,1-2H3;3-5,8,12,14,17,19H,6-7,9-11H2,1-2H3;1-5H,6H2;1-5H/t18-,21+,24+;19-,22+,24+;17-,20+,23+;18-,21+,23+;12-,14+,16+;;/m00000../s1. The van der Waals surface area contributed by atoms with E-state index in [1.54, 1.807) is 54.6 Å². The zero-order valence-corrected chi connectivity index (χ0v) is 89.0. The van der Waals surface area contributed by atoms with E-state index in [2.05, 4.69) is 200 Å². The minimum Gasteiger partial charge on any atom is -0.508 e. The normalized spacial score (nSPS) is 27.3. The molecule has 10 fully saturated rings. The first kappa shape index (κ1) is 109. The Labute approximate surface area is 878 Å². The van der Waals surface area contributed by atoms with Crippen LogP contribution in [0.2, 0.25) is 0 Å². The van der Waals surface area contributed by atoms with Crippen molar-refractivity contribution in [1.82, 2.24) is 49.4 Å². The molecule has 146 heavy (non-hydrogen) atoms. The van der Waals surface area contributed by atoms with Gasteiger partial charge in [-0.3, -0.25) is 48.6 Å². The Bertz CT molecular complexity index is 6030. The molecular weight excluding hydrogens is 1860 g/mol. The summed E-state index contributed by atoms with van der Waals surface area (Å²) >= 11 is 10.3. The predicted molar refractivity (Wildman–Crippen MR) is 591 cm³/mol. The molecule has 774 valence electrons. The largest absolute Gasteiger partial charge is 0.508 e. The van der Waals surface area contributed by atoms with Gasteiger partial charge in [0.05, 0.1) is 6.42 Å². The van der Waals surface area contributed by atoms with Gasteiger partial charge < -0.3 is 45.5 Å². The van der Waals surface area contributed by atoms with Gasteiger partial charge in [0, 0.05) is 192 Å². The smallest absolute Gasteiger partial charge is 0.253 e. The summed E-state index contributed by atoms with van der Waals surface area (Å²) < 4.78 is 0. The number of phenolic OH excluding ortho intramolecular Hbond substituents is 5. The van der Waals surface area contributed by atoms with Crippen LogP contribution in [-0.4, -0.2) is 260 Å². The number of carbonyl (C=O) groups excluding carboxylic acids is 4. The van der Waals surface area contributed by atoms with Crippen LogP contribution in [-0.2, 0) is 62.5 Å². The lowest BCUT2D eigenvalue weighted by molar-refractivity contribution is -0.135. The molecule has 21 heteroatoms. The van der Waals surface area contributed by atoms with Crippen LogP contribution in [0, 0.1) is 29.6 Å². The van der Waals surface area contributed by atoms with Gasteiger partial charge in [0.25, 0.3) is 11.1 Å². The highest BCUT2D eigenvalue weighted by molar-refractivity contribution is 6.67. The number of nitrogens with one attached hydrogen (secondary N) is 1. The van der Waals surface area contributed by atoms with E-state index in [4.69, 9.17) is 23.2 Å². The van der Waals surface area contributed by atoms with Gasteiger partial charge in [-0.1, -0.05) is 300 Å². The maximum absolute atomic E-state index is 12.9. The summed E-state index contributed by atoms with van der Waals surface area (Å²) in [5.41, 5.74) is 12.9. The van der Waals surface area contributed by atoms with E-state index < -0.39 is 5.24 Å². The highest BCUT2D eigenvalue weighted by Crippen LogP contribution is 2.50. The summed E-state index contributed by atoms with van der Waals surface area (Å²) in [6, 6.07) is 101. The van der Waals surface area contributed by atoms with Gasteiger partial charge in [-0.05, 0) is 241 Å². The Balaban J connectivity index is 0.000000131. The van der Waals surface area contributed by atoms with Gasteiger partial charge >= 0.3 is 0 Å². The van der Waals surface area contributed by atoms with Crippen LogP contribution >= 0.6 is 23.2 Å². The highest BCUT2D eigenvalue weighted by Gasteiger charge is 2.51. The molecule has 2 amide bonds. The summed E-state index contributed by atoms with van der Waals surface area (Å²) in [5, 5.41) is 52.4. The molecule has 11 aromatic rings. The lowest BCUT2D eigenvalue weighted by Crippen LogP contribution is -2.62. The lowest BCUT2D eigenvalue weighted by atomic mass is 9.65. The second kappa shape index (κ2) is 50.3. The fourth-order valence-electron chi connectivity index (χ4n) is 24.7. The third kappa shape index (κ3) is 27.9. The number of fused-ring (bicyclic) bond motifs is 5. The van der Waals surface area contributed by atoms with Crippen molar-refractivity contribution in [3.8, 4) is 28.7 Å². The number of piperidine rings is 5. The van der Waals surface area contributed by atoms with Gasteiger partial charge in [-0.25, -0.2) is 0 Å². The van der Waals surface area contributed by atoms with Crippen LogP contribution in [0.3, 0.4) is 0 Å². The van der Waals surface area contributed by atoms with Crippen molar-refractivity contribution in [2.75, 3.05) is 137 Å². The van der Waals surface area contributed by atoms with Crippen LogP contribution in [0.15, 0.2) is 303 Å². The number of carbonyl (C=O) groups is 4. The van der Waals surface area contributed by atoms with E-state index in [0.717, 1.165) is 160 Å². The van der Waals surface area contributed by atoms with Crippen molar-refractivity contribution in [2.24, 2.45) is 29.6 Å². The second-order valence-electron chi connectivity index (χ2n) is 44.3. The number of phenols is 5. The molecule has 0 bridgehead atoms. The first-order valence-corrected chi connectivity index (χ1v) is 54.0. The molecule has 0 saturated carbocycles. The molecule has 15 atom stereocenters. The summed E-state index contributed by atoms with van der Waals surface area (Å²) in [7, 11) is 0. The third-order valence-corrected chi connectivity index (χ3v) is 35.1. The van der Waals surface area contributed by atoms with E-state index in [-0.39, 0.29) is 44.1 Å². The fourth-order valence-corrected chi connectivity index (χ4v) is 25.0. The molecule has 6 N–H and O–H groups in total. The monoisotopic (exact) mass is 2010 g/mol. The third-order valence-electron chi connectivity index (χ3n) is 34.7. The van der Waals surface area contributed by atoms with Gasteiger partial charge in [-0.15, -0.1) is 0 Å². The Morgan fingerprint density at radius 3 is 0.973 bits per heavy atom. The Morgan fingerprint density at radius 2 is 0.610 bits per heavy atom. The zero-order valence-electron chi connectivity index (χ0n) is 87.5. The highest BCUT2D eigenvalue weighted by atomic mass is 35.5. The zero-order chi connectivity index (χ0) is 103. The molecule has 11 aromatic carbocycles. The van der Waals surface area contributed by atoms with Crippen LogP contribution in [0.25, 0.3) is 0 Å². The summed E-state index contributed by atoms with van der Waals surface area (Å²) in [5.74, 6) is 4.95. The van der Waals surface area contributed by atoms with E-state index in [0.29, 0.717) is 107 Å². The molecule has 10 aliphatic heterocycles. The number of hydrogen-bond donors (Lipinski definition) is 6. The fraction of sp³-hybridized carbons (Fsp3) is 0.440. The van der Waals surface area contributed by atoms with Crippen molar-refractivity contribution in [3.05, 3.63) is 365 Å². The van der Waals surface area contributed by atoms with Gasteiger partial charge in [-0.2, -0.15) is 0 Å². The van der Waals surface area contributed by atoms with Crippen molar-refractivity contribution in [3.63, 3.8) is 0 Å². The van der Waals surface area contributed by atoms with E-state index >= 15 is 0 Å². The predicted octanol–water partition coefficient (Wildman–Crippen LogP) is 20.8.